The third-order valence-electron chi connectivity index (χ3n) is 3.73. The molecule has 0 aliphatic heterocycles. The second kappa shape index (κ2) is 6.52. The van der Waals surface area contributed by atoms with Crippen LogP contribution in [0, 0.1) is 6.92 Å². The quantitative estimate of drug-likeness (QED) is 0.787. The molecule has 3 rings (SSSR count). The summed E-state index contributed by atoms with van der Waals surface area (Å²) in [5.41, 5.74) is 2.68. The van der Waals surface area contributed by atoms with Crippen LogP contribution in [0.4, 0.5) is 5.69 Å². The van der Waals surface area contributed by atoms with E-state index in [2.05, 4.69) is 10.3 Å². The number of carbonyl (C=O) groups excluding carboxylic acids is 1. The van der Waals surface area contributed by atoms with E-state index in [1.807, 2.05) is 67.1 Å². The number of nitrogens with one attached hydrogen (secondary N) is 1. The molecule has 0 saturated heterocycles. The summed E-state index contributed by atoms with van der Waals surface area (Å²) in [5, 5.41) is 2.88. The van der Waals surface area contributed by atoms with E-state index in [-0.39, 0.29) is 5.91 Å². The Morgan fingerprint density at radius 3 is 2.78 bits per heavy atom. The van der Waals surface area contributed by atoms with Gasteiger partial charge in [0.05, 0.1) is 24.1 Å². The predicted octanol–water partition coefficient (Wildman–Crippen LogP) is 3.29. The summed E-state index contributed by atoms with van der Waals surface area (Å²) < 4.78 is 7.55. The van der Waals surface area contributed by atoms with Crippen LogP contribution in [0.2, 0.25) is 0 Å². The summed E-state index contributed by atoms with van der Waals surface area (Å²) in [6.45, 7) is 2.31. The molecule has 2 aromatic carbocycles. The maximum absolute atomic E-state index is 12.0. The number of aryl methyl sites for hydroxylation is 2. The molecule has 0 radical (unpaired) electrons. The Morgan fingerprint density at radius 1 is 1.22 bits per heavy atom. The summed E-state index contributed by atoms with van der Waals surface area (Å²) in [6, 6.07) is 15.2. The first-order valence-electron chi connectivity index (χ1n) is 7.54. The molecule has 23 heavy (non-hydrogen) atoms. The lowest BCUT2D eigenvalue weighted by molar-refractivity contribution is -0.116. The van der Waals surface area contributed by atoms with Gasteiger partial charge in [0.1, 0.15) is 11.6 Å². The van der Waals surface area contributed by atoms with Gasteiger partial charge in [-0.05, 0) is 37.3 Å². The molecule has 0 unspecified atom stereocenters. The summed E-state index contributed by atoms with van der Waals surface area (Å²) >= 11 is 0. The Balaban J connectivity index is 1.57. The summed E-state index contributed by atoms with van der Waals surface area (Å²) in [4.78, 5) is 16.5. The summed E-state index contributed by atoms with van der Waals surface area (Å²) in [6.07, 6.45) is 0.300. The summed E-state index contributed by atoms with van der Waals surface area (Å²) in [7, 11) is 1.98. The second-order valence-corrected chi connectivity index (χ2v) is 5.38. The molecule has 1 aromatic heterocycles. The lowest BCUT2D eigenvalue weighted by Gasteiger charge is -2.07. The number of carbonyl (C=O) groups is 1. The van der Waals surface area contributed by atoms with E-state index in [9.17, 15) is 4.79 Å². The predicted molar refractivity (Wildman–Crippen MR) is 90.6 cm³/mol. The fourth-order valence-electron chi connectivity index (χ4n) is 2.40. The van der Waals surface area contributed by atoms with Crippen molar-refractivity contribution >= 4 is 22.6 Å². The molecule has 118 valence electrons. The van der Waals surface area contributed by atoms with Crippen molar-refractivity contribution in [2.24, 2.45) is 7.05 Å². The molecule has 5 nitrogen and oxygen atoms in total. The minimum Gasteiger partial charge on any atom is -0.493 e. The third kappa shape index (κ3) is 3.51. The van der Waals surface area contributed by atoms with E-state index in [1.54, 1.807) is 0 Å². The lowest BCUT2D eigenvalue weighted by atomic mass is 10.2. The zero-order valence-electron chi connectivity index (χ0n) is 13.2. The molecule has 0 spiro atoms. The second-order valence-electron chi connectivity index (χ2n) is 5.38. The van der Waals surface area contributed by atoms with Gasteiger partial charge in [-0.3, -0.25) is 4.79 Å². The smallest absolute Gasteiger partial charge is 0.227 e. The normalized spacial score (nSPS) is 10.7. The zero-order valence-corrected chi connectivity index (χ0v) is 13.2. The molecular weight excluding hydrogens is 290 g/mol. The number of hydrogen-bond donors (Lipinski definition) is 1. The summed E-state index contributed by atoms with van der Waals surface area (Å²) in [5.74, 6) is 1.64. The Hall–Kier alpha value is -2.82. The van der Waals surface area contributed by atoms with Crippen LogP contribution in [-0.4, -0.2) is 22.1 Å². The molecule has 0 saturated carbocycles. The molecule has 5 heteroatoms. The van der Waals surface area contributed by atoms with E-state index < -0.39 is 0 Å². The van der Waals surface area contributed by atoms with Crippen molar-refractivity contribution < 1.29 is 9.53 Å². The van der Waals surface area contributed by atoms with Crippen LogP contribution in [0.1, 0.15) is 12.2 Å². The van der Waals surface area contributed by atoms with E-state index in [1.165, 1.54) is 0 Å². The minimum atomic E-state index is -0.0760. The Kier molecular flexibility index (Phi) is 4.28. The Morgan fingerprint density at radius 2 is 2.00 bits per heavy atom. The molecule has 0 aliphatic rings. The van der Waals surface area contributed by atoms with E-state index in [0.29, 0.717) is 13.0 Å². The lowest BCUT2D eigenvalue weighted by Crippen LogP contribution is -2.15. The fraction of sp³-hybridized carbons (Fsp3) is 0.222. The van der Waals surface area contributed by atoms with E-state index >= 15 is 0 Å². The molecule has 1 heterocycles. The van der Waals surface area contributed by atoms with Crippen molar-refractivity contribution in [1.29, 1.82) is 0 Å². The average molecular weight is 309 g/mol. The number of benzene rings is 2. The number of anilines is 1. The SMILES string of the molecule is Cc1nc2cc(NC(=O)CCOc3ccccc3)ccc2n1C. The van der Waals surface area contributed by atoms with Gasteiger partial charge in [0, 0.05) is 12.7 Å². The van der Waals surface area contributed by atoms with Gasteiger partial charge in [0.2, 0.25) is 5.91 Å². The molecule has 0 fully saturated rings. The van der Waals surface area contributed by atoms with Crippen LogP contribution >= 0.6 is 0 Å². The highest BCUT2D eigenvalue weighted by atomic mass is 16.5. The van der Waals surface area contributed by atoms with Gasteiger partial charge in [-0.15, -0.1) is 0 Å². The Labute approximate surface area is 134 Å². The molecule has 0 atom stereocenters. The number of ether oxygens (including phenoxy) is 1. The number of imidazole rings is 1. The van der Waals surface area contributed by atoms with Crippen LogP contribution in [0.3, 0.4) is 0 Å². The molecular formula is C18H19N3O2. The topological polar surface area (TPSA) is 56.1 Å². The Bertz CT molecular complexity index is 825. The number of para-hydroxylation sites is 1. The number of amides is 1. The maximum Gasteiger partial charge on any atom is 0.227 e. The van der Waals surface area contributed by atoms with Gasteiger partial charge in [0.15, 0.2) is 0 Å². The van der Waals surface area contributed by atoms with Gasteiger partial charge in [0.25, 0.3) is 0 Å². The first-order chi connectivity index (χ1) is 11.1. The van der Waals surface area contributed by atoms with E-state index in [0.717, 1.165) is 28.3 Å². The van der Waals surface area contributed by atoms with Crippen molar-refractivity contribution in [2.45, 2.75) is 13.3 Å². The standard InChI is InChI=1S/C18H19N3O2/c1-13-19-16-12-14(8-9-17(16)21(13)2)20-18(22)10-11-23-15-6-4-3-5-7-15/h3-9,12H,10-11H2,1-2H3,(H,20,22). The first-order valence-corrected chi connectivity index (χ1v) is 7.54. The van der Waals surface area contributed by atoms with Crippen molar-refractivity contribution in [3.8, 4) is 5.75 Å². The van der Waals surface area contributed by atoms with Gasteiger partial charge in [-0.2, -0.15) is 0 Å². The van der Waals surface area contributed by atoms with Crippen LogP contribution in [0.5, 0.6) is 5.75 Å². The molecule has 0 aliphatic carbocycles. The van der Waals surface area contributed by atoms with Crippen LogP contribution in [0.15, 0.2) is 48.5 Å². The number of rotatable bonds is 5. The van der Waals surface area contributed by atoms with Gasteiger partial charge >= 0.3 is 0 Å². The maximum atomic E-state index is 12.0. The van der Waals surface area contributed by atoms with Crippen molar-refractivity contribution in [3.05, 3.63) is 54.4 Å². The third-order valence-corrected chi connectivity index (χ3v) is 3.73. The van der Waals surface area contributed by atoms with Crippen LogP contribution in [0.25, 0.3) is 11.0 Å². The van der Waals surface area contributed by atoms with Gasteiger partial charge in [-0.25, -0.2) is 4.98 Å². The highest BCUT2D eigenvalue weighted by molar-refractivity contribution is 5.93. The molecule has 1 N–H and O–H groups in total. The number of fused-ring (bicyclic) bond motifs is 1. The average Bonchev–Trinajstić information content (AvgIpc) is 2.82. The zero-order chi connectivity index (χ0) is 16.2. The molecule has 3 aromatic rings. The van der Waals surface area contributed by atoms with Crippen molar-refractivity contribution in [2.75, 3.05) is 11.9 Å². The number of hydrogen-bond acceptors (Lipinski definition) is 3. The van der Waals surface area contributed by atoms with Gasteiger partial charge < -0.3 is 14.6 Å². The van der Waals surface area contributed by atoms with Crippen molar-refractivity contribution in [3.63, 3.8) is 0 Å². The van der Waals surface area contributed by atoms with E-state index in [4.69, 9.17) is 4.74 Å². The number of nitrogens with zero attached hydrogens (tertiary/aromatic N) is 2. The minimum absolute atomic E-state index is 0.0760. The molecule has 1 amide bonds. The highest BCUT2D eigenvalue weighted by Crippen LogP contribution is 2.19. The van der Waals surface area contributed by atoms with Crippen molar-refractivity contribution in [1.82, 2.24) is 9.55 Å². The largest absolute Gasteiger partial charge is 0.493 e. The monoisotopic (exact) mass is 309 g/mol. The van der Waals surface area contributed by atoms with Gasteiger partial charge in [-0.1, -0.05) is 18.2 Å². The first kappa shape index (κ1) is 15.1. The fourth-order valence-corrected chi connectivity index (χ4v) is 2.40. The van der Waals surface area contributed by atoms with Crippen LogP contribution in [-0.2, 0) is 11.8 Å². The highest BCUT2D eigenvalue weighted by Gasteiger charge is 2.07. The number of aromatic nitrogens is 2. The van der Waals surface area contributed by atoms with Crippen LogP contribution < -0.4 is 10.1 Å². The molecule has 0 bridgehead atoms.